The van der Waals surface area contributed by atoms with Crippen molar-refractivity contribution in [1.82, 2.24) is 19.7 Å². The van der Waals surface area contributed by atoms with Gasteiger partial charge in [0.05, 0.1) is 5.69 Å². The fourth-order valence-corrected chi connectivity index (χ4v) is 2.89. The molecule has 0 spiro atoms. The van der Waals surface area contributed by atoms with Crippen LogP contribution in [0.5, 0.6) is 0 Å². The van der Waals surface area contributed by atoms with Crippen LogP contribution < -0.4 is 5.56 Å². The summed E-state index contributed by atoms with van der Waals surface area (Å²) in [5.74, 6) is 0. The third kappa shape index (κ3) is 3.80. The van der Waals surface area contributed by atoms with Gasteiger partial charge in [-0.25, -0.2) is 4.68 Å². The molecule has 5 nitrogen and oxygen atoms in total. The highest BCUT2D eigenvalue weighted by Crippen LogP contribution is 2.11. The van der Waals surface area contributed by atoms with E-state index in [1.54, 1.807) is 23.0 Å². The van der Waals surface area contributed by atoms with E-state index in [2.05, 4.69) is 15.0 Å². The number of aromatic nitrogens is 3. The molecule has 5 heteroatoms. The summed E-state index contributed by atoms with van der Waals surface area (Å²) in [5, 5.41) is 4.45. The molecule has 0 saturated carbocycles. The van der Waals surface area contributed by atoms with E-state index in [4.69, 9.17) is 0 Å². The van der Waals surface area contributed by atoms with Gasteiger partial charge < -0.3 is 4.90 Å². The van der Waals surface area contributed by atoms with E-state index in [1.807, 2.05) is 18.2 Å². The van der Waals surface area contributed by atoms with Crippen molar-refractivity contribution in [3.05, 3.63) is 46.9 Å². The lowest BCUT2D eigenvalue weighted by atomic mass is 10.1. The lowest BCUT2D eigenvalue weighted by Gasteiger charge is -2.26. The molecule has 0 aliphatic carbocycles. The Morgan fingerprint density at radius 3 is 2.59 bits per heavy atom. The standard InChI is InChI=1S/C17H22N4O/c22-17-9-8-16(15-7-2-3-10-18-15)19-21(17)14-6-13-20-11-4-1-5-12-20/h2-3,7-10H,1,4-6,11-14H2. The molecule has 2 aromatic rings. The van der Waals surface area contributed by atoms with Crippen molar-refractivity contribution in [2.24, 2.45) is 0 Å². The lowest BCUT2D eigenvalue weighted by Crippen LogP contribution is -2.32. The Hall–Kier alpha value is -2.01. The van der Waals surface area contributed by atoms with Crippen molar-refractivity contribution in [3.63, 3.8) is 0 Å². The van der Waals surface area contributed by atoms with Crippen molar-refractivity contribution in [3.8, 4) is 11.4 Å². The van der Waals surface area contributed by atoms with Gasteiger partial charge >= 0.3 is 0 Å². The zero-order valence-electron chi connectivity index (χ0n) is 12.8. The summed E-state index contributed by atoms with van der Waals surface area (Å²) in [6, 6.07) is 9.03. The molecular formula is C17H22N4O. The zero-order chi connectivity index (χ0) is 15.2. The number of hydrogen-bond donors (Lipinski definition) is 0. The summed E-state index contributed by atoms with van der Waals surface area (Å²) >= 11 is 0. The van der Waals surface area contributed by atoms with Crippen molar-refractivity contribution < 1.29 is 0 Å². The van der Waals surface area contributed by atoms with Gasteiger partial charge in [0.2, 0.25) is 0 Å². The number of pyridine rings is 1. The van der Waals surface area contributed by atoms with E-state index < -0.39 is 0 Å². The molecular weight excluding hydrogens is 276 g/mol. The minimum Gasteiger partial charge on any atom is -0.303 e. The SMILES string of the molecule is O=c1ccc(-c2ccccn2)nn1CCCN1CCCCC1. The molecule has 3 rings (SSSR count). The Morgan fingerprint density at radius 2 is 1.82 bits per heavy atom. The summed E-state index contributed by atoms with van der Waals surface area (Å²) in [5.41, 5.74) is 1.50. The predicted molar refractivity (Wildman–Crippen MR) is 86.6 cm³/mol. The topological polar surface area (TPSA) is 51.0 Å². The van der Waals surface area contributed by atoms with E-state index in [0.717, 1.165) is 24.4 Å². The van der Waals surface area contributed by atoms with Gasteiger partial charge in [-0.2, -0.15) is 5.10 Å². The highest BCUT2D eigenvalue weighted by molar-refractivity contribution is 5.52. The normalized spacial score (nSPS) is 15.8. The van der Waals surface area contributed by atoms with Gasteiger partial charge in [-0.15, -0.1) is 0 Å². The van der Waals surface area contributed by atoms with Gasteiger partial charge in [-0.3, -0.25) is 9.78 Å². The zero-order valence-corrected chi connectivity index (χ0v) is 12.8. The number of piperidine rings is 1. The quantitative estimate of drug-likeness (QED) is 0.849. The van der Waals surface area contributed by atoms with Crippen LogP contribution in [0.25, 0.3) is 11.4 Å². The third-order valence-corrected chi connectivity index (χ3v) is 4.09. The second-order valence-corrected chi connectivity index (χ2v) is 5.75. The highest BCUT2D eigenvalue weighted by Gasteiger charge is 2.10. The van der Waals surface area contributed by atoms with E-state index in [-0.39, 0.29) is 5.56 Å². The van der Waals surface area contributed by atoms with Crippen molar-refractivity contribution >= 4 is 0 Å². The van der Waals surface area contributed by atoms with Gasteiger partial charge in [0, 0.05) is 18.8 Å². The third-order valence-electron chi connectivity index (χ3n) is 4.09. The molecule has 1 aliphatic heterocycles. The number of likely N-dealkylation sites (tertiary alicyclic amines) is 1. The summed E-state index contributed by atoms with van der Waals surface area (Å²) in [6.07, 6.45) is 6.64. The number of rotatable bonds is 5. The van der Waals surface area contributed by atoms with Crippen LogP contribution in [0.1, 0.15) is 25.7 Å². The molecule has 116 valence electrons. The van der Waals surface area contributed by atoms with Gasteiger partial charge in [-0.1, -0.05) is 12.5 Å². The Kier molecular flexibility index (Phi) is 4.96. The van der Waals surface area contributed by atoms with Crippen molar-refractivity contribution in [2.75, 3.05) is 19.6 Å². The molecule has 2 aromatic heterocycles. The molecule has 1 saturated heterocycles. The lowest BCUT2D eigenvalue weighted by molar-refractivity contribution is 0.221. The molecule has 0 radical (unpaired) electrons. The fraction of sp³-hybridized carbons (Fsp3) is 0.471. The molecule has 1 aliphatic rings. The molecule has 0 aromatic carbocycles. The maximum atomic E-state index is 12.0. The van der Waals surface area contributed by atoms with E-state index >= 15 is 0 Å². The van der Waals surface area contributed by atoms with Crippen LogP contribution in [-0.2, 0) is 6.54 Å². The largest absolute Gasteiger partial charge is 0.303 e. The van der Waals surface area contributed by atoms with Crippen LogP contribution in [0, 0.1) is 0 Å². The van der Waals surface area contributed by atoms with Gasteiger partial charge in [0.25, 0.3) is 5.56 Å². The Balaban J connectivity index is 1.64. The molecule has 0 N–H and O–H groups in total. The van der Waals surface area contributed by atoms with Crippen LogP contribution in [0.2, 0.25) is 0 Å². The van der Waals surface area contributed by atoms with E-state index in [9.17, 15) is 4.79 Å². The molecule has 0 unspecified atom stereocenters. The van der Waals surface area contributed by atoms with Crippen LogP contribution in [0.15, 0.2) is 41.3 Å². The monoisotopic (exact) mass is 298 g/mol. The number of aryl methyl sites for hydroxylation is 1. The van der Waals surface area contributed by atoms with Crippen LogP contribution in [-0.4, -0.2) is 39.3 Å². The summed E-state index contributed by atoms with van der Waals surface area (Å²) in [6.45, 7) is 4.09. The van der Waals surface area contributed by atoms with Gasteiger partial charge in [0.15, 0.2) is 0 Å². The Morgan fingerprint density at radius 1 is 0.955 bits per heavy atom. The second kappa shape index (κ2) is 7.31. The van der Waals surface area contributed by atoms with Crippen molar-refractivity contribution in [1.29, 1.82) is 0 Å². The predicted octanol–water partition coefficient (Wildman–Crippen LogP) is 2.18. The van der Waals surface area contributed by atoms with Crippen LogP contribution in [0.4, 0.5) is 0 Å². The first-order chi connectivity index (χ1) is 10.8. The van der Waals surface area contributed by atoms with Crippen molar-refractivity contribution in [2.45, 2.75) is 32.2 Å². The maximum Gasteiger partial charge on any atom is 0.266 e. The summed E-state index contributed by atoms with van der Waals surface area (Å²) < 4.78 is 1.56. The van der Waals surface area contributed by atoms with Crippen LogP contribution >= 0.6 is 0 Å². The first-order valence-corrected chi connectivity index (χ1v) is 8.05. The smallest absolute Gasteiger partial charge is 0.266 e. The highest BCUT2D eigenvalue weighted by atomic mass is 16.1. The average molecular weight is 298 g/mol. The minimum absolute atomic E-state index is 0.0432. The first kappa shape index (κ1) is 14.9. The number of hydrogen-bond acceptors (Lipinski definition) is 4. The molecule has 22 heavy (non-hydrogen) atoms. The first-order valence-electron chi connectivity index (χ1n) is 8.05. The maximum absolute atomic E-state index is 12.0. The Bertz CT molecular complexity index is 647. The number of nitrogens with zero attached hydrogens (tertiary/aromatic N) is 4. The summed E-state index contributed by atoms with van der Waals surface area (Å²) in [4.78, 5) is 18.7. The molecule has 0 atom stereocenters. The molecule has 1 fully saturated rings. The molecule has 0 bridgehead atoms. The fourth-order valence-electron chi connectivity index (χ4n) is 2.89. The van der Waals surface area contributed by atoms with E-state index in [0.29, 0.717) is 6.54 Å². The van der Waals surface area contributed by atoms with E-state index in [1.165, 1.54) is 32.4 Å². The average Bonchev–Trinajstić information content (AvgIpc) is 2.58. The van der Waals surface area contributed by atoms with Gasteiger partial charge in [-0.05, 0) is 57.1 Å². The molecule has 3 heterocycles. The van der Waals surface area contributed by atoms with Crippen LogP contribution in [0.3, 0.4) is 0 Å². The second-order valence-electron chi connectivity index (χ2n) is 5.75. The summed E-state index contributed by atoms with van der Waals surface area (Å²) in [7, 11) is 0. The minimum atomic E-state index is -0.0432. The molecule has 0 amide bonds. The van der Waals surface area contributed by atoms with Gasteiger partial charge in [0.1, 0.15) is 5.69 Å². The Labute approximate surface area is 130 Å².